The highest BCUT2D eigenvalue weighted by atomic mass is 32.1. The predicted molar refractivity (Wildman–Crippen MR) is 99.5 cm³/mol. The summed E-state index contributed by atoms with van der Waals surface area (Å²) >= 11 is 1.37. The van der Waals surface area contributed by atoms with Crippen molar-refractivity contribution in [2.75, 3.05) is 5.32 Å². The van der Waals surface area contributed by atoms with Crippen LogP contribution in [0, 0.1) is 5.82 Å². The first-order valence-electron chi connectivity index (χ1n) is 7.85. The number of thiazole rings is 1. The van der Waals surface area contributed by atoms with Crippen molar-refractivity contribution < 1.29 is 4.39 Å². The first kappa shape index (κ1) is 14.9. The van der Waals surface area contributed by atoms with Gasteiger partial charge in [-0.1, -0.05) is 29.5 Å². The molecule has 6 nitrogen and oxygen atoms in total. The van der Waals surface area contributed by atoms with Crippen molar-refractivity contribution in [2.24, 2.45) is 0 Å². The summed E-state index contributed by atoms with van der Waals surface area (Å²) in [5, 5.41) is 9.05. The molecular weight excluding hydrogens is 351 g/mol. The molecule has 3 heterocycles. The standard InChI is InChI=1S/C18H11FN6S/c19-11-6-7-14-15(8-11)26-18(23-14)24-16-13-9-22-25(17(13)21-10-20-16)12-4-2-1-3-5-12/h1-10H,(H,20,21,23,24). The van der Waals surface area contributed by atoms with Gasteiger partial charge in [0, 0.05) is 0 Å². The van der Waals surface area contributed by atoms with E-state index in [4.69, 9.17) is 0 Å². The molecular formula is C18H11FN6S. The molecule has 1 N–H and O–H groups in total. The Hall–Kier alpha value is -3.39. The number of fused-ring (bicyclic) bond motifs is 2. The number of halogens is 1. The molecule has 26 heavy (non-hydrogen) atoms. The monoisotopic (exact) mass is 362 g/mol. The summed E-state index contributed by atoms with van der Waals surface area (Å²) in [6, 6.07) is 14.3. The Labute approximate surface area is 151 Å². The van der Waals surface area contributed by atoms with E-state index in [-0.39, 0.29) is 5.82 Å². The average Bonchev–Trinajstić information content (AvgIpc) is 3.26. The lowest BCUT2D eigenvalue weighted by Gasteiger charge is -2.04. The molecule has 0 aliphatic heterocycles. The van der Waals surface area contributed by atoms with Gasteiger partial charge in [-0.3, -0.25) is 0 Å². The fourth-order valence-electron chi connectivity index (χ4n) is 2.76. The van der Waals surface area contributed by atoms with Crippen LogP contribution in [-0.4, -0.2) is 24.7 Å². The van der Waals surface area contributed by atoms with Crippen molar-refractivity contribution >= 4 is 43.5 Å². The molecule has 5 aromatic rings. The zero-order chi connectivity index (χ0) is 17.5. The number of rotatable bonds is 3. The van der Waals surface area contributed by atoms with Crippen molar-refractivity contribution in [2.45, 2.75) is 0 Å². The quantitative estimate of drug-likeness (QED) is 0.518. The maximum atomic E-state index is 13.4. The van der Waals surface area contributed by atoms with Crippen LogP contribution >= 0.6 is 11.3 Å². The minimum absolute atomic E-state index is 0.277. The number of benzene rings is 2. The van der Waals surface area contributed by atoms with Gasteiger partial charge in [0.05, 0.1) is 27.5 Å². The molecule has 0 aliphatic rings. The highest BCUT2D eigenvalue weighted by Crippen LogP contribution is 2.30. The maximum Gasteiger partial charge on any atom is 0.189 e. The van der Waals surface area contributed by atoms with Crippen LogP contribution in [0.4, 0.5) is 15.3 Å². The Morgan fingerprint density at radius 1 is 1.04 bits per heavy atom. The third-order valence-electron chi connectivity index (χ3n) is 3.94. The van der Waals surface area contributed by atoms with Gasteiger partial charge >= 0.3 is 0 Å². The summed E-state index contributed by atoms with van der Waals surface area (Å²) in [5.41, 5.74) is 2.35. The van der Waals surface area contributed by atoms with E-state index in [1.54, 1.807) is 16.9 Å². The molecule has 0 unspecified atom stereocenters. The maximum absolute atomic E-state index is 13.4. The summed E-state index contributed by atoms with van der Waals surface area (Å²) in [6.07, 6.45) is 3.20. The third-order valence-corrected chi connectivity index (χ3v) is 4.88. The van der Waals surface area contributed by atoms with Crippen molar-refractivity contribution in [1.29, 1.82) is 0 Å². The SMILES string of the molecule is Fc1ccc2nc(Nc3ncnc4c3cnn4-c3ccccc3)sc2c1. The topological polar surface area (TPSA) is 68.5 Å². The van der Waals surface area contributed by atoms with Gasteiger partial charge in [0.2, 0.25) is 0 Å². The summed E-state index contributed by atoms with van der Waals surface area (Å²) in [7, 11) is 0. The lowest BCUT2D eigenvalue weighted by Crippen LogP contribution is -1.99. The molecule has 0 bridgehead atoms. The Bertz CT molecular complexity index is 1230. The molecule has 0 amide bonds. The number of hydrogen-bond donors (Lipinski definition) is 1. The van der Waals surface area contributed by atoms with Gasteiger partial charge < -0.3 is 5.32 Å². The van der Waals surface area contributed by atoms with Crippen LogP contribution in [0.5, 0.6) is 0 Å². The summed E-state index contributed by atoms with van der Waals surface area (Å²) < 4.78 is 15.9. The number of para-hydroxylation sites is 1. The van der Waals surface area contributed by atoms with Crippen LogP contribution in [0.2, 0.25) is 0 Å². The van der Waals surface area contributed by atoms with E-state index in [1.807, 2.05) is 30.3 Å². The van der Waals surface area contributed by atoms with Gasteiger partial charge in [-0.25, -0.2) is 24.0 Å². The van der Waals surface area contributed by atoms with Gasteiger partial charge in [-0.15, -0.1) is 0 Å². The molecule has 5 rings (SSSR count). The van der Waals surface area contributed by atoms with E-state index in [1.165, 1.54) is 29.8 Å². The first-order chi connectivity index (χ1) is 12.8. The molecule has 0 fully saturated rings. The van der Waals surface area contributed by atoms with Gasteiger partial charge in [0.25, 0.3) is 0 Å². The van der Waals surface area contributed by atoms with Crippen LogP contribution in [0.25, 0.3) is 26.9 Å². The van der Waals surface area contributed by atoms with Crippen molar-refractivity contribution in [3.05, 3.63) is 66.9 Å². The Morgan fingerprint density at radius 3 is 2.81 bits per heavy atom. The minimum atomic E-state index is -0.277. The van der Waals surface area contributed by atoms with Gasteiger partial charge in [-0.2, -0.15) is 5.10 Å². The largest absolute Gasteiger partial charge is 0.315 e. The minimum Gasteiger partial charge on any atom is -0.315 e. The average molecular weight is 362 g/mol. The molecule has 0 aliphatic carbocycles. The number of hydrogen-bond acceptors (Lipinski definition) is 6. The Balaban J connectivity index is 1.57. The Kier molecular flexibility index (Phi) is 3.36. The number of nitrogens with one attached hydrogen (secondary N) is 1. The fourth-order valence-corrected chi connectivity index (χ4v) is 3.64. The third kappa shape index (κ3) is 2.47. The lowest BCUT2D eigenvalue weighted by atomic mass is 10.3. The molecule has 0 saturated carbocycles. The molecule has 126 valence electrons. The second-order valence-corrected chi connectivity index (χ2v) is 6.64. The zero-order valence-electron chi connectivity index (χ0n) is 13.3. The zero-order valence-corrected chi connectivity index (χ0v) is 14.1. The molecule has 0 atom stereocenters. The molecule has 0 saturated heterocycles. The highest BCUT2D eigenvalue weighted by Gasteiger charge is 2.13. The number of nitrogens with zero attached hydrogens (tertiary/aromatic N) is 5. The normalized spacial score (nSPS) is 11.3. The molecule has 8 heteroatoms. The second kappa shape index (κ2) is 5.85. The van der Waals surface area contributed by atoms with E-state index in [0.717, 1.165) is 21.3 Å². The summed E-state index contributed by atoms with van der Waals surface area (Å²) in [5.74, 6) is 0.331. The lowest BCUT2D eigenvalue weighted by molar-refractivity contribution is 0.630. The van der Waals surface area contributed by atoms with E-state index < -0.39 is 0 Å². The summed E-state index contributed by atoms with van der Waals surface area (Å²) in [4.78, 5) is 13.1. The van der Waals surface area contributed by atoms with Crippen molar-refractivity contribution in [3.63, 3.8) is 0 Å². The van der Waals surface area contributed by atoms with E-state index in [2.05, 4.69) is 25.4 Å². The highest BCUT2D eigenvalue weighted by molar-refractivity contribution is 7.22. The van der Waals surface area contributed by atoms with Crippen LogP contribution in [0.15, 0.2) is 61.1 Å². The van der Waals surface area contributed by atoms with Crippen molar-refractivity contribution in [3.8, 4) is 5.69 Å². The van der Waals surface area contributed by atoms with Crippen LogP contribution < -0.4 is 5.32 Å². The van der Waals surface area contributed by atoms with Crippen molar-refractivity contribution in [1.82, 2.24) is 24.7 Å². The van der Waals surface area contributed by atoms with Gasteiger partial charge in [-0.05, 0) is 30.3 Å². The molecule has 0 radical (unpaired) electrons. The van der Waals surface area contributed by atoms with Gasteiger partial charge in [0.15, 0.2) is 10.8 Å². The number of anilines is 2. The first-order valence-corrected chi connectivity index (χ1v) is 8.67. The van der Waals surface area contributed by atoms with Crippen LogP contribution in [0.1, 0.15) is 0 Å². The predicted octanol–water partition coefficient (Wildman–Crippen LogP) is 4.31. The Morgan fingerprint density at radius 2 is 1.92 bits per heavy atom. The molecule has 2 aromatic carbocycles. The second-order valence-electron chi connectivity index (χ2n) is 5.61. The molecule has 0 spiro atoms. The fraction of sp³-hybridized carbons (Fsp3) is 0. The summed E-state index contributed by atoms with van der Waals surface area (Å²) in [6.45, 7) is 0. The molecule has 3 aromatic heterocycles. The smallest absolute Gasteiger partial charge is 0.189 e. The van der Waals surface area contributed by atoms with E-state index >= 15 is 0 Å². The van der Waals surface area contributed by atoms with Crippen LogP contribution in [0.3, 0.4) is 0 Å². The number of aromatic nitrogens is 5. The van der Waals surface area contributed by atoms with E-state index in [9.17, 15) is 4.39 Å². The van der Waals surface area contributed by atoms with Crippen LogP contribution in [-0.2, 0) is 0 Å². The van der Waals surface area contributed by atoms with E-state index in [0.29, 0.717) is 16.6 Å². The van der Waals surface area contributed by atoms with Gasteiger partial charge in [0.1, 0.15) is 18.0 Å².